The lowest BCUT2D eigenvalue weighted by molar-refractivity contribution is -0.134. The van der Waals surface area contributed by atoms with Crippen molar-refractivity contribution in [3.63, 3.8) is 0 Å². The zero-order chi connectivity index (χ0) is 12.0. The van der Waals surface area contributed by atoms with Crippen molar-refractivity contribution in [2.75, 3.05) is 14.2 Å². The normalized spacial score (nSPS) is 10.4. The van der Waals surface area contributed by atoms with Gasteiger partial charge in [0.05, 0.1) is 14.2 Å². The van der Waals surface area contributed by atoms with Gasteiger partial charge in [-0.3, -0.25) is 0 Å². The molecule has 0 N–H and O–H groups in total. The highest BCUT2D eigenvalue weighted by atomic mass is 16.5. The molecule has 3 heteroatoms. The molecular weight excluding hydrogens is 204 g/mol. The number of benzene rings is 1. The van der Waals surface area contributed by atoms with Crippen LogP contribution in [0.3, 0.4) is 0 Å². The molecular formula is C13H16O3. The van der Waals surface area contributed by atoms with Crippen LogP contribution in [0.1, 0.15) is 18.1 Å². The van der Waals surface area contributed by atoms with Gasteiger partial charge in [0.2, 0.25) is 0 Å². The number of rotatable bonds is 4. The molecule has 0 aliphatic heterocycles. The van der Waals surface area contributed by atoms with E-state index in [1.165, 1.54) is 13.2 Å². The number of hydrogen-bond donors (Lipinski definition) is 0. The predicted molar refractivity (Wildman–Crippen MR) is 63.4 cm³/mol. The Morgan fingerprint density at radius 3 is 2.69 bits per heavy atom. The van der Waals surface area contributed by atoms with Gasteiger partial charge in [0.25, 0.3) is 0 Å². The fraction of sp³-hybridized carbons (Fsp3) is 0.308. The second kappa shape index (κ2) is 5.95. The molecule has 0 saturated heterocycles. The molecule has 1 aromatic rings. The highest BCUT2D eigenvalue weighted by Gasteiger charge is 2.01. The monoisotopic (exact) mass is 220 g/mol. The lowest BCUT2D eigenvalue weighted by atomic mass is 10.0. The van der Waals surface area contributed by atoms with Gasteiger partial charge in [-0.15, -0.1) is 0 Å². The van der Waals surface area contributed by atoms with Crippen LogP contribution in [0, 0.1) is 0 Å². The summed E-state index contributed by atoms with van der Waals surface area (Å²) in [6, 6.07) is 5.77. The molecule has 86 valence electrons. The van der Waals surface area contributed by atoms with Crippen LogP contribution in [0.2, 0.25) is 0 Å². The predicted octanol–water partition coefficient (Wildman–Crippen LogP) is 2.44. The summed E-state index contributed by atoms with van der Waals surface area (Å²) in [7, 11) is 3.00. The second-order valence-electron chi connectivity index (χ2n) is 3.27. The Bertz CT molecular complexity index is 394. The molecule has 0 spiro atoms. The lowest BCUT2D eigenvalue weighted by Crippen LogP contribution is -1.94. The fourth-order valence-corrected chi connectivity index (χ4v) is 1.40. The van der Waals surface area contributed by atoms with E-state index in [1.807, 2.05) is 18.2 Å². The summed E-state index contributed by atoms with van der Waals surface area (Å²) in [5.74, 6) is 0.477. The van der Waals surface area contributed by atoms with E-state index in [1.54, 1.807) is 13.2 Å². The fourth-order valence-electron chi connectivity index (χ4n) is 1.40. The van der Waals surface area contributed by atoms with Crippen molar-refractivity contribution in [3.05, 3.63) is 35.4 Å². The van der Waals surface area contributed by atoms with Gasteiger partial charge < -0.3 is 9.47 Å². The molecule has 1 aromatic carbocycles. The number of carbonyl (C=O) groups is 1. The SMILES string of the molecule is CCc1cc(OC)ccc1C=CC(=O)OC. The van der Waals surface area contributed by atoms with Crippen molar-refractivity contribution in [1.82, 2.24) is 0 Å². The first kappa shape index (κ1) is 12.3. The summed E-state index contributed by atoms with van der Waals surface area (Å²) in [6.45, 7) is 2.06. The minimum Gasteiger partial charge on any atom is -0.497 e. The third kappa shape index (κ3) is 3.12. The van der Waals surface area contributed by atoms with Crippen LogP contribution in [-0.4, -0.2) is 20.2 Å². The number of hydrogen-bond acceptors (Lipinski definition) is 3. The van der Waals surface area contributed by atoms with Crippen LogP contribution in [-0.2, 0) is 16.0 Å². The molecule has 0 saturated carbocycles. The van der Waals surface area contributed by atoms with Crippen molar-refractivity contribution < 1.29 is 14.3 Å². The lowest BCUT2D eigenvalue weighted by Gasteiger charge is -2.06. The van der Waals surface area contributed by atoms with Gasteiger partial charge in [0.15, 0.2) is 0 Å². The van der Waals surface area contributed by atoms with Gasteiger partial charge >= 0.3 is 5.97 Å². The molecule has 0 bridgehead atoms. The maximum Gasteiger partial charge on any atom is 0.330 e. The second-order valence-corrected chi connectivity index (χ2v) is 3.27. The van der Waals surface area contributed by atoms with E-state index in [0.717, 1.165) is 23.3 Å². The minimum absolute atomic E-state index is 0.349. The average Bonchev–Trinajstić information content (AvgIpc) is 2.35. The average molecular weight is 220 g/mol. The number of aryl methyl sites for hydroxylation is 1. The van der Waals surface area contributed by atoms with Crippen LogP contribution in [0.4, 0.5) is 0 Å². The first-order valence-corrected chi connectivity index (χ1v) is 5.14. The highest BCUT2D eigenvalue weighted by molar-refractivity contribution is 5.87. The molecule has 0 unspecified atom stereocenters. The molecule has 16 heavy (non-hydrogen) atoms. The van der Waals surface area contributed by atoms with Gasteiger partial charge in [-0.1, -0.05) is 13.0 Å². The topological polar surface area (TPSA) is 35.5 Å². The van der Waals surface area contributed by atoms with E-state index in [0.29, 0.717) is 0 Å². The molecule has 0 aliphatic carbocycles. The Morgan fingerprint density at radius 2 is 2.12 bits per heavy atom. The standard InChI is InChI=1S/C13H16O3/c1-4-10-9-12(15-2)7-5-11(10)6-8-13(14)16-3/h5-9H,4H2,1-3H3. The molecule has 0 atom stereocenters. The maximum atomic E-state index is 11.0. The number of ether oxygens (including phenoxy) is 2. The molecule has 0 aromatic heterocycles. The summed E-state index contributed by atoms with van der Waals surface area (Å²) in [5, 5.41) is 0. The van der Waals surface area contributed by atoms with E-state index in [2.05, 4.69) is 11.7 Å². The molecule has 0 aliphatic rings. The van der Waals surface area contributed by atoms with Crippen molar-refractivity contribution in [1.29, 1.82) is 0 Å². The molecule has 0 radical (unpaired) electrons. The van der Waals surface area contributed by atoms with Crippen molar-refractivity contribution >= 4 is 12.0 Å². The van der Waals surface area contributed by atoms with E-state index in [-0.39, 0.29) is 5.97 Å². The molecule has 1 rings (SSSR count). The van der Waals surface area contributed by atoms with Gasteiger partial charge in [-0.05, 0) is 35.8 Å². The zero-order valence-electron chi connectivity index (χ0n) is 9.82. The maximum absolute atomic E-state index is 11.0. The zero-order valence-corrected chi connectivity index (χ0v) is 9.82. The van der Waals surface area contributed by atoms with E-state index < -0.39 is 0 Å². The third-order valence-corrected chi connectivity index (χ3v) is 2.33. The highest BCUT2D eigenvalue weighted by Crippen LogP contribution is 2.19. The molecule has 0 amide bonds. The van der Waals surface area contributed by atoms with Crippen LogP contribution in [0.5, 0.6) is 5.75 Å². The van der Waals surface area contributed by atoms with E-state index in [9.17, 15) is 4.79 Å². The smallest absolute Gasteiger partial charge is 0.330 e. The first-order valence-electron chi connectivity index (χ1n) is 5.14. The molecule has 0 heterocycles. The van der Waals surface area contributed by atoms with Gasteiger partial charge in [-0.25, -0.2) is 4.79 Å². The summed E-state index contributed by atoms with van der Waals surface area (Å²) >= 11 is 0. The van der Waals surface area contributed by atoms with E-state index >= 15 is 0 Å². The number of carbonyl (C=O) groups excluding carboxylic acids is 1. The van der Waals surface area contributed by atoms with Crippen LogP contribution in [0.25, 0.3) is 6.08 Å². The van der Waals surface area contributed by atoms with E-state index in [4.69, 9.17) is 4.74 Å². The Kier molecular flexibility index (Phi) is 4.58. The Hall–Kier alpha value is -1.77. The quantitative estimate of drug-likeness (QED) is 0.577. The van der Waals surface area contributed by atoms with Gasteiger partial charge in [0.1, 0.15) is 5.75 Å². The summed E-state index contributed by atoms with van der Waals surface area (Å²) in [5.41, 5.74) is 2.15. The number of methoxy groups -OCH3 is 2. The first-order chi connectivity index (χ1) is 7.71. The Labute approximate surface area is 95.7 Å². The van der Waals surface area contributed by atoms with Crippen LogP contribution in [0.15, 0.2) is 24.3 Å². The van der Waals surface area contributed by atoms with Gasteiger partial charge in [0, 0.05) is 6.08 Å². The molecule has 3 nitrogen and oxygen atoms in total. The third-order valence-electron chi connectivity index (χ3n) is 2.33. The summed E-state index contributed by atoms with van der Waals surface area (Å²) in [4.78, 5) is 11.0. The largest absolute Gasteiger partial charge is 0.497 e. The number of esters is 1. The van der Waals surface area contributed by atoms with Crippen molar-refractivity contribution in [2.24, 2.45) is 0 Å². The van der Waals surface area contributed by atoms with Crippen molar-refractivity contribution in [3.8, 4) is 5.75 Å². The summed E-state index contributed by atoms with van der Waals surface area (Å²) in [6.07, 6.45) is 4.06. The van der Waals surface area contributed by atoms with Crippen LogP contribution < -0.4 is 4.74 Å². The van der Waals surface area contributed by atoms with Crippen molar-refractivity contribution in [2.45, 2.75) is 13.3 Å². The molecule has 0 fully saturated rings. The Balaban J connectivity index is 2.95. The summed E-state index contributed by atoms with van der Waals surface area (Å²) < 4.78 is 9.68. The minimum atomic E-state index is -0.349. The van der Waals surface area contributed by atoms with Crippen LogP contribution >= 0.6 is 0 Å². The Morgan fingerprint density at radius 1 is 1.38 bits per heavy atom. The van der Waals surface area contributed by atoms with Gasteiger partial charge in [-0.2, -0.15) is 0 Å².